The quantitative estimate of drug-likeness (QED) is 0.751. The van der Waals surface area contributed by atoms with Gasteiger partial charge in [-0.1, -0.05) is 0 Å². The first-order valence-corrected chi connectivity index (χ1v) is 5.14. The molecule has 0 unspecified atom stereocenters. The van der Waals surface area contributed by atoms with Crippen LogP contribution in [-0.2, 0) is 0 Å². The van der Waals surface area contributed by atoms with Crippen LogP contribution in [0.3, 0.4) is 0 Å². The van der Waals surface area contributed by atoms with Gasteiger partial charge < -0.3 is 15.0 Å². The molecular formula is C8H10BrN3O2. The molecular weight excluding hydrogens is 250 g/mol. The summed E-state index contributed by atoms with van der Waals surface area (Å²) in [6.07, 6.45) is 1.77. The van der Waals surface area contributed by atoms with E-state index in [0.717, 1.165) is 13.0 Å². The molecule has 0 bridgehead atoms. The molecule has 1 fully saturated rings. The number of anilines is 1. The Morgan fingerprint density at radius 3 is 3.14 bits per heavy atom. The number of aromatic amines is 1. The highest BCUT2D eigenvalue weighted by Crippen LogP contribution is 2.22. The van der Waals surface area contributed by atoms with E-state index in [-0.39, 0.29) is 11.7 Å². The summed E-state index contributed by atoms with van der Waals surface area (Å²) in [5, 5.41) is 9.35. The molecule has 5 nitrogen and oxygen atoms in total. The second-order valence-electron chi connectivity index (χ2n) is 3.26. The van der Waals surface area contributed by atoms with Crippen LogP contribution in [0.25, 0.3) is 0 Å². The van der Waals surface area contributed by atoms with E-state index in [2.05, 4.69) is 25.9 Å². The summed E-state index contributed by atoms with van der Waals surface area (Å²) in [6, 6.07) is 0. The van der Waals surface area contributed by atoms with E-state index < -0.39 is 0 Å². The normalized spacial score (nSPS) is 21.6. The first-order chi connectivity index (χ1) is 6.68. The van der Waals surface area contributed by atoms with Crippen molar-refractivity contribution in [2.75, 3.05) is 18.0 Å². The number of nitrogens with one attached hydrogen (secondary N) is 1. The van der Waals surface area contributed by atoms with Gasteiger partial charge in [-0.05, 0) is 22.4 Å². The van der Waals surface area contributed by atoms with E-state index >= 15 is 0 Å². The van der Waals surface area contributed by atoms with Crippen LogP contribution in [0.1, 0.15) is 6.42 Å². The van der Waals surface area contributed by atoms with Crippen molar-refractivity contribution in [2.45, 2.75) is 12.5 Å². The van der Waals surface area contributed by atoms with Gasteiger partial charge in [0.2, 0.25) is 0 Å². The van der Waals surface area contributed by atoms with Gasteiger partial charge in [-0.3, -0.25) is 4.79 Å². The Bertz CT molecular complexity index is 392. The standard InChI is InChI=1S/C8H10BrN3O2/c9-6-7(10-4-11-8(6)14)12-2-1-5(13)3-12/h4-5,13H,1-3H2,(H,10,11,14)/t5-/m1/s1. The topological polar surface area (TPSA) is 69.2 Å². The van der Waals surface area contributed by atoms with Gasteiger partial charge in [0, 0.05) is 13.1 Å². The lowest BCUT2D eigenvalue weighted by Gasteiger charge is -2.16. The molecule has 14 heavy (non-hydrogen) atoms. The molecule has 1 aromatic heterocycles. The Morgan fingerprint density at radius 2 is 2.50 bits per heavy atom. The Morgan fingerprint density at radius 1 is 1.71 bits per heavy atom. The van der Waals surface area contributed by atoms with Crippen LogP contribution in [0.15, 0.2) is 15.6 Å². The van der Waals surface area contributed by atoms with Gasteiger partial charge in [-0.25, -0.2) is 4.98 Å². The van der Waals surface area contributed by atoms with E-state index in [1.54, 1.807) is 0 Å². The van der Waals surface area contributed by atoms with Crippen molar-refractivity contribution in [1.29, 1.82) is 0 Å². The lowest BCUT2D eigenvalue weighted by molar-refractivity contribution is 0.198. The second-order valence-corrected chi connectivity index (χ2v) is 4.05. The van der Waals surface area contributed by atoms with Crippen molar-refractivity contribution in [3.63, 3.8) is 0 Å². The van der Waals surface area contributed by atoms with Gasteiger partial charge >= 0.3 is 0 Å². The monoisotopic (exact) mass is 259 g/mol. The Kier molecular flexibility index (Phi) is 2.56. The average Bonchev–Trinajstić information content (AvgIpc) is 2.57. The molecule has 1 aliphatic rings. The van der Waals surface area contributed by atoms with Crippen LogP contribution in [0.4, 0.5) is 5.82 Å². The first kappa shape index (κ1) is 9.67. The first-order valence-electron chi connectivity index (χ1n) is 4.34. The lowest BCUT2D eigenvalue weighted by Crippen LogP contribution is -2.25. The predicted octanol–water partition coefficient (Wildman–Crippen LogP) is 0.103. The molecule has 1 saturated heterocycles. The molecule has 0 spiro atoms. The van der Waals surface area contributed by atoms with Gasteiger partial charge in [-0.15, -0.1) is 0 Å². The SMILES string of the molecule is O=c1[nH]cnc(N2CC[C@@H](O)C2)c1Br. The number of aliphatic hydroxyl groups is 1. The van der Waals surface area contributed by atoms with Gasteiger partial charge in [0.05, 0.1) is 12.4 Å². The van der Waals surface area contributed by atoms with Gasteiger partial charge in [-0.2, -0.15) is 0 Å². The highest BCUT2D eigenvalue weighted by molar-refractivity contribution is 9.10. The van der Waals surface area contributed by atoms with Crippen molar-refractivity contribution in [3.8, 4) is 0 Å². The Hall–Kier alpha value is -0.880. The molecule has 1 aromatic rings. The fourth-order valence-corrected chi connectivity index (χ4v) is 2.00. The summed E-state index contributed by atoms with van der Waals surface area (Å²) in [6.45, 7) is 1.27. The summed E-state index contributed by atoms with van der Waals surface area (Å²) < 4.78 is 0.425. The molecule has 1 aliphatic heterocycles. The molecule has 0 radical (unpaired) electrons. The molecule has 0 amide bonds. The van der Waals surface area contributed by atoms with Crippen LogP contribution in [0.5, 0.6) is 0 Å². The minimum Gasteiger partial charge on any atom is -0.391 e. The minimum atomic E-state index is -0.317. The predicted molar refractivity (Wildman–Crippen MR) is 55.4 cm³/mol. The van der Waals surface area contributed by atoms with Crippen LogP contribution >= 0.6 is 15.9 Å². The molecule has 2 rings (SSSR count). The summed E-state index contributed by atoms with van der Waals surface area (Å²) in [4.78, 5) is 19.7. The van der Waals surface area contributed by atoms with E-state index in [9.17, 15) is 9.90 Å². The highest BCUT2D eigenvalue weighted by Gasteiger charge is 2.23. The molecule has 1 atom stereocenters. The molecule has 2 heterocycles. The number of H-pyrrole nitrogens is 1. The molecule has 2 N–H and O–H groups in total. The molecule has 6 heteroatoms. The van der Waals surface area contributed by atoms with Crippen LogP contribution in [0.2, 0.25) is 0 Å². The number of β-amino-alcohol motifs (C(OH)–C–C–N with tert-alkyl or cyclic N) is 1. The zero-order chi connectivity index (χ0) is 10.1. The van der Waals surface area contributed by atoms with Gasteiger partial charge in [0.15, 0.2) is 0 Å². The van der Waals surface area contributed by atoms with Crippen molar-refractivity contribution in [3.05, 3.63) is 21.2 Å². The van der Waals surface area contributed by atoms with Gasteiger partial charge in [0.25, 0.3) is 5.56 Å². The van der Waals surface area contributed by atoms with Crippen LogP contribution in [-0.4, -0.2) is 34.3 Å². The number of nitrogens with zero attached hydrogens (tertiary/aromatic N) is 2. The van der Waals surface area contributed by atoms with E-state index in [1.807, 2.05) is 4.90 Å². The summed E-state index contributed by atoms with van der Waals surface area (Å²) in [5.41, 5.74) is -0.198. The maximum Gasteiger partial charge on any atom is 0.267 e. The Balaban J connectivity index is 2.33. The van der Waals surface area contributed by atoms with E-state index in [4.69, 9.17) is 0 Å². The minimum absolute atomic E-state index is 0.198. The zero-order valence-electron chi connectivity index (χ0n) is 7.40. The van der Waals surface area contributed by atoms with Crippen molar-refractivity contribution >= 4 is 21.7 Å². The smallest absolute Gasteiger partial charge is 0.267 e. The van der Waals surface area contributed by atoms with Crippen molar-refractivity contribution in [2.24, 2.45) is 0 Å². The van der Waals surface area contributed by atoms with Crippen molar-refractivity contribution in [1.82, 2.24) is 9.97 Å². The number of rotatable bonds is 1. The Labute approximate surface area is 88.9 Å². The number of halogens is 1. The lowest BCUT2D eigenvalue weighted by atomic mass is 10.3. The zero-order valence-corrected chi connectivity index (χ0v) is 8.99. The van der Waals surface area contributed by atoms with E-state index in [0.29, 0.717) is 16.8 Å². The molecule has 0 aliphatic carbocycles. The third-order valence-electron chi connectivity index (χ3n) is 2.24. The number of hydrogen-bond donors (Lipinski definition) is 2. The fraction of sp³-hybridized carbons (Fsp3) is 0.500. The van der Waals surface area contributed by atoms with Crippen LogP contribution < -0.4 is 10.5 Å². The maximum absolute atomic E-state index is 11.2. The summed E-state index contributed by atoms with van der Waals surface area (Å²) in [5.74, 6) is 0.602. The number of hydrogen-bond acceptors (Lipinski definition) is 4. The fourth-order valence-electron chi connectivity index (χ4n) is 1.53. The van der Waals surface area contributed by atoms with Crippen LogP contribution in [0, 0.1) is 0 Å². The van der Waals surface area contributed by atoms with Gasteiger partial charge in [0.1, 0.15) is 10.3 Å². The summed E-state index contributed by atoms with van der Waals surface area (Å²) >= 11 is 3.18. The third-order valence-corrected chi connectivity index (χ3v) is 2.96. The maximum atomic E-state index is 11.2. The number of aromatic nitrogens is 2. The highest BCUT2D eigenvalue weighted by atomic mass is 79.9. The van der Waals surface area contributed by atoms with E-state index in [1.165, 1.54) is 6.33 Å². The average molecular weight is 260 g/mol. The second kappa shape index (κ2) is 3.70. The largest absolute Gasteiger partial charge is 0.391 e. The third kappa shape index (κ3) is 1.67. The number of aliphatic hydroxyl groups excluding tert-OH is 1. The molecule has 0 saturated carbocycles. The summed E-state index contributed by atoms with van der Waals surface area (Å²) in [7, 11) is 0. The van der Waals surface area contributed by atoms with Crippen molar-refractivity contribution < 1.29 is 5.11 Å². The molecule has 76 valence electrons. The molecule has 0 aromatic carbocycles.